The summed E-state index contributed by atoms with van der Waals surface area (Å²) in [6.07, 6.45) is -0.982. The second kappa shape index (κ2) is 9.09. The average Bonchev–Trinajstić information content (AvgIpc) is 2.50. The third-order valence-corrected chi connectivity index (χ3v) is 3.09. The van der Waals surface area contributed by atoms with Gasteiger partial charge in [-0.2, -0.15) is 12.1 Å². The fraction of sp³-hybridized carbons (Fsp3) is 0.235. The summed E-state index contributed by atoms with van der Waals surface area (Å²) in [5.74, 6) is 0.638. The van der Waals surface area contributed by atoms with Crippen LogP contribution in [0.1, 0.15) is 5.56 Å². The number of hydrogen-bond donors (Lipinski definition) is 0. The van der Waals surface area contributed by atoms with Gasteiger partial charge in [0.15, 0.2) is 5.56 Å². The number of aryl methyl sites for hydroxylation is 1. The maximum atomic E-state index is 12.7. The van der Waals surface area contributed by atoms with Crippen molar-refractivity contribution in [2.45, 2.75) is 19.9 Å². The molecule has 23 heavy (non-hydrogen) atoms. The SMILES string of the molecule is C=CCOc1ccc(-c2[c-]cc(C)c(=O)n2CC(F)F)cc1.[Y]. The van der Waals surface area contributed by atoms with Crippen LogP contribution in [-0.2, 0) is 39.3 Å². The van der Waals surface area contributed by atoms with Gasteiger partial charge in [0.25, 0.3) is 6.43 Å². The Bertz CT molecular complexity index is 712. The molecular weight excluding hydrogens is 377 g/mol. The van der Waals surface area contributed by atoms with Crippen LogP contribution in [0.4, 0.5) is 8.78 Å². The van der Waals surface area contributed by atoms with Crippen LogP contribution in [0.3, 0.4) is 0 Å². The summed E-state index contributed by atoms with van der Waals surface area (Å²) in [5, 5.41) is 0. The van der Waals surface area contributed by atoms with E-state index in [1.165, 1.54) is 6.07 Å². The number of hydrogen-bond acceptors (Lipinski definition) is 2. The third-order valence-electron chi connectivity index (χ3n) is 3.09. The Hall–Kier alpha value is -1.33. The average molecular weight is 393 g/mol. The van der Waals surface area contributed by atoms with Crippen LogP contribution in [0.5, 0.6) is 5.75 Å². The Balaban J connectivity index is 0.00000264. The molecule has 0 aliphatic heterocycles. The minimum absolute atomic E-state index is 0. The summed E-state index contributed by atoms with van der Waals surface area (Å²) >= 11 is 0. The zero-order valence-corrected chi connectivity index (χ0v) is 15.6. The number of benzene rings is 1. The van der Waals surface area contributed by atoms with Gasteiger partial charge in [0.2, 0.25) is 0 Å². The largest absolute Gasteiger partial charge is 0.490 e. The molecule has 0 atom stereocenters. The first-order valence-corrected chi connectivity index (χ1v) is 6.77. The summed E-state index contributed by atoms with van der Waals surface area (Å²) in [5.41, 5.74) is 0.922. The van der Waals surface area contributed by atoms with E-state index in [2.05, 4.69) is 12.6 Å². The fourth-order valence-corrected chi connectivity index (χ4v) is 2.05. The molecule has 1 radical (unpaired) electrons. The van der Waals surface area contributed by atoms with Crippen LogP contribution in [0.15, 0.2) is 47.8 Å². The monoisotopic (exact) mass is 393 g/mol. The summed E-state index contributed by atoms with van der Waals surface area (Å²) in [7, 11) is 0. The molecular formula is C17H16F2NO2Y-. The molecule has 3 nitrogen and oxygen atoms in total. The smallest absolute Gasteiger partial charge is 0.256 e. The van der Waals surface area contributed by atoms with Crippen molar-refractivity contribution in [3.05, 3.63) is 65.0 Å². The Labute approximate surface area is 158 Å². The van der Waals surface area contributed by atoms with Gasteiger partial charge in [-0.15, -0.1) is 12.1 Å². The predicted octanol–water partition coefficient (Wildman–Crippen LogP) is 3.45. The minimum Gasteiger partial charge on any atom is -0.490 e. The molecule has 0 unspecified atom stereocenters. The van der Waals surface area contributed by atoms with E-state index < -0.39 is 18.5 Å². The van der Waals surface area contributed by atoms with Crippen LogP contribution < -0.4 is 10.3 Å². The molecule has 2 aromatic rings. The van der Waals surface area contributed by atoms with Gasteiger partial charge in [-0.25, -0.2) is 8.78 Å². The Kier molecular flexibility index (Phi) is 7.79. The molecule has 119 valence electrons. The summed E-state index contributed by atoms with van der Waals surface area (Å²) in [6, 6.07) is 11.3. The molecule has 0 aliphatic carbocycles. The maximum absolute atomic E-state index is 12.7. The third kappa shape index (κ3) is 5.08. The van der Waals surface area contributed by atoms with Gasteiger partial charge < -0.3 is 9.30 Å². The first-order chi connectivity index (χ1) is 10.5. The van der Waals surface area contributed by atoms with Crippen molar-refractivity contribution in [3.8, 4) is 17.0 Å². The fourth-order valence-electron chi connectivity index (χ4n) is 2.05. The van der Waals surface area contributed by atoms with E-state index in [0.29, 0.717) is 29.2 Å². The van der Waals surface area contributed by atoms with Gasteiger partial charge in [-0.3, -0.25) is 4.79 Å². The van der Waals surface area contributed by atoms with Crippen LogP contribution >= 0.6 is 0 Å². The van der Waals surface area contributed by atoms with Gasteiger partial charge >= 0.3 is 0 Å². The molecule has 1 aromatic heterocycles. The molecule has 0 N–H and O–H groups in total. The standard InChI is InChI=1S/C17H16F2NO2.Y/c1-3-10-22-14-7-5-13(6-8-14)15-9-4-12(2)17(21)20(15)11-16(18)19;/h3-8,16H,1,10-11H2,2H3;/q-1;. The summed E-state index contributed by atoms with van der Waals surface area (Å²) < 4.78 is 31.9. The van der Waals surface area contributed by atoms with Crippen molar-refractivity contribution in [1.29, 1.82) is 0 Å². The van der Waals surface area contributed by atoms with E-state index in [1.54, 1.807) is 37.3 Å². The molecule has 0 saturated heterocycles. The van der Waals surface area contributed by atoms with E-state index in [1.807, 2.05) is 0 Å². The Morgan fingerprint density at radius 3 is 2.57 bits per heavy atom. The van der Waals surface area contributed by atoms with Crippen LogP contribution in [-0.4, -0.2) is 17.6 Å². The maximum Gasteiger partial charge on any atom is 0.256 e. The number of aromatic nitrogens is 1. The van der Waals surface area contributed by atoms with Crippen LogP contribution in [0.2, 0.25) is 0 Å². The van der Waals surface area contributed by atoms with E-state index in [0.717, 1.165) is 4.57 Å². The minimum atomic E-state index is -2.61. The number of rotatable bonds is 6. The van der Waals surface area contributed by atoms with Crippen molar-refractivity contribution in [2.75, 3.05) is 6.61 Å². The van der Waals surface area contributed by atoms with Crippen molar-refractivity contribution in [1.82, 2.24) is 4.57 Å². The van der Waals surface area contributed by atoms with Crippen molar-refractivity contribution < 1.29 is 46.2 Å². The number of ether oxygens (including phenoxy) is 1. The molecule has 2 rings (SSSR count). The normalized spacial score (nSPS) is 10.3. The summed E-state index contributed by atoms with van der Waals surface area (Å²) in [4.78, 5) is 12.1. The summed E-state index contributed by atoms with van der Waals surface area (Å²) in [6.45, 7) is 4.87. The number of halogens is 2. The molecule has 0 fully saturated rings. The molecule has 0 spiro atoms. The van der Waals surface area contributed by atoms with Gasteiger partial charge in [-0.05, 0) is 12.1 Å². The Morgan fingerprint density at radius 2 is 2.00 bits per heavy atom. The van der Waals surface area contributed by atoms with Gasteiger partial charge in [0, 0.05) is 32.7 Å². The first kappa shape index (κ1) is 19.7. The van der Waals surface area contributed by atoms with Crippen molar-refractivity contribution >= 4 is 0 Å². The number of pyridine rings is 1. The molecule has 0 amide bonds. The molecule has 0 bridgehead atoms. The van der Waals surface area contributed by atoms with Crippen molar-refractivity contribution in [3.63, 3.8) is 0 Å². The number of alkyl halides is 2. The molecule has 0 aliphatic rings. The number of nitrogens with zero attached hydrogens (tertiary/aromatic N) is 1. The second-order valence-corrected chi connectivity index (χ2v) is 4.75. The molecule has 6 heteroatoms. The van der Waals surface area contributed by atoms with Crippen LogP contribution in [0, 0.1) is 13.0 Å². The topological polar surface area (TPSA) is 31.2 Å². The Morgan fingerprint density at radius 1 is 1.35 bits per heavy atom. The second-order valence-electron chi connectivity index (χ2n) is 4.75. The first-order valence-electron chi connectivity index (χ1n) is 6.77. The predicted molar refractivity (Wildman–Crippen MR) is 81.4 cm³/mol. The van der Waals surface area contributed by atoms with Gasteiger partial charge in [-0.1, -0.05) is 36.4 Å². The van der Waals surface area contributed by atoms with Crippen molar-refractivity contribution in [2.24, 2.45) is 0 Å². The molecule has 0 saturated carbocycles. The molecule has 1 heterocycles. The zero-order chi connectivity index (χ0) is 16.1. The van der Waals surface area contributed by atoms with Gasteiger partial charge in [0.1, 0.15) is 12.4 Å². The molecule has 1 aromatic carbocycles. The van der Waals surface area contributed by atoms with Crippen LogP contribution in [0.25, 0.3) is 11.3 Å². The van der Waals surface area contributed by atoms with E-state index in [9.17, 15) is 13.6 Å². The van der Waals surface area contributed by atoms with E-state index >= 15 is 0 Å². The van der Waals surface area contributed by atoms with E-state index in [-0.39, 0.29) is 32.7 Å². The van der Waals surface area contributed by atoms with E-state index in [4.69, 9.17) is 4.74 Å². The zero-order valence-electron chi connectivity index (χ0n) is 12.8. The quantitative estimate of drug-likeness (QED) is 0.556. The van der Waals surface area contributed by atoms with Gasteiger partial charge in [0.05, 0.1) is 6.54 Å².